The van der Waals surface area contributed by atoms with Crippen LogP contribution in [0.5, 0.6) is 0 Å². The lowest BCUT2D eigenvalue weighted by atomic mass is 9.96. The number of likely N-dealkylation sites (N-methyl/N-ethyl adjacent to an activating group) is 1. The maximum absolute atomic E-state index is 13.5. The fraction of sp³-hybridized carbons (Fsp3) is 0.654. The van der Waals surface area contributed by atoms with Crippen molar-refractivity contribution in [2.24, 2.45) is 5.92 Å². The number of carbonyl (C=O) groups excluding carboxylic acids is 3. The highest BCUT2D eigenvalue weighted by molar-refractivity contribution is 5.91. The summed E-state index contributed by atoms with van der Waals surface area (Å²) in [5, 5.41) is 6.10. The Balaban J connectivity index is 1.82. The van der Waals surface area contributed by atoms with Crippen LogP contribution >= 0.6 is 0 Å². The monoisotopic (exact) mass is 489 g/mol. The van der Waals surface area contributed by atoms with Gasteiger partial charge in [-0.15, -0.1) is 0 Å². The molecule has 1 N–H and O–H groups in total. The zero-order valence-electron chi connectivity index (χ0n) is 21.5. The molecule has 8 nitrogen and oxygen atoms in total. The van der Waals surface area contributed by atoms with E-state index in [2.05, 4.69) is 19.2 Å². The molecule has 0 spiro atoms. The Morgan fingerprint density at radius 1 is 1.14 bits per heavy atom. The highest BCUT2D eigenvalue weighted by Gasteiger charge is 2.50. The molecule has 1 aromatic rings. The van der Waals surface area contributed by atoms with Crippen molar-refractivity contribution >= 4 is 17.8 Å². The van der Waals surface area contributed by atoms with Gasteiger partial charge in [0.2, 0.25) is 11.8 Å². The van der Waals surface area contributed by atoms with Gasteiger partial charge in [-0.25, -0.2) is 19.2 Å². The normalized spacial score (nSPS) is 21.8. The molecule has 3 atom stereocenters. The van der Waals surface area contributed by atoms with Gasteiger partial charge >= 0.3 is 6.03 Å². The fourth-order valence-electron chi connectivity index (χ4n) is 5.11. The molecule has 2 aliphatic rings. The second-order valence-electron chi connectivity index (χ2n) is 9.69. The average Bonchev–Trinajstić information content (AvgIpc) is 2.83. The molecular weight excluding hydrogens is 449 g/mol. The van der Waals surface area contributed by atoms with Gasteiger partial charge in [-0.05, 0) is 36.5 Å². The molecule has 0 bridgehead atoms. The van der Waals surface area contributed by atoms with Crippen LogP contribution in [-0.2, 0) is 16.1 Å². The molecule has 2 heterocycles. The van der Waals surface area contributed by atoms with Crippen molar-refractivity contribution < 1.29 is 18.8 Å². The predicted molar refractivity (Wildman–Crippen MR) is 132 cm³/mol. The maximum Gasteiger partial charge on any atom is 0.334 e. The van der Waals surface area contributed by atoms with Crippen LogP contribution in [0, 0.1) is 11.7 Å². The molecule has 1 unspecified atom stereocenters. The van der Waals surface area contributed by atoms with Crippen LogP contribution in [0.3, 0.4) is 0 Å². The molecule has 194 valence electrons. The minimum atomic E-state index is -0.563. The molecule has 1 aromatic carbocycles. The molecule has 0 aliphatic carbocycles. The number of amides is 4. The van der Waals surface area contributed by atoms with E-state index in [0.717, 1.165) is 37.7 Å². The molecule has 35 heavy (non-hydrogen) atoms. The number of unbranched alkanes of at least 4 members (excludes halogenated alkanes) is 1. The topological polar surface area (TPSA) is 76.2 Å². The number of benzene rings is 1. The van der Waals surface area contributed by atoms with Crippen molar-refractivity contribution in [3.05, 3.63) is 35.6 Å². The fourth-order valence-corrected chi connectivity index (χ4v) is 5.11. The Labute approximate surface area is 208 Å². The van der Waals surface area contributed by atoms with Crippen molar-refractivity contribution in [1.82, 2.24) is 25.1 Å². The summed E-state index contributed by atoms with van der Waals surface area (Å²) in [6.45, 7) is 7.52. The molecule has 2 saturated heterocycles. The number of nitrogens with zero attached hydrogens (tertiary/aromatic N) is 4. The van der Waals surface area contributed by atoms with Crippen molar-refractivity contribution in [3.8, 4) is 0 Å². The Morgan fingerprint density at radius 3 is 2.49 bits per heavy atom. The van der Waals surface area contributed by atoms with Crippen LogP contribution < -0.4 is 5.32 Å². The number of hydrogen-bond acceptors (Lipinski definition) is 4. The Hall–Kier alpha value is -2.68. The molecule has 4 amide bonds. The van der Waals surface area contributed by atoms with E-state index in [4.69, 9.17) is 0 Å². The van der Waals surface area contributed by atoms with Gasteiger partial charge in [0.25, 0.3) is 0 Å². The highest BCUT2D eigenvalue weighted by atomic mass is 19.1. The number of rotatable bonds is 10. The third-order valence-corrected chi connectivity index (χ3v) is 7.09. The summed E-state index contributed by atoms with van der Waals surface area (Å²) in [7, 11) is 1.72. The second kappa shape index (κ2) is 12.3. The van der Waals surface area contributed by atoms with Gasteiger partial charge in [-0.2, -0.15) is 0 Å². The lowest BCUT2D eigenvalue weighted by Crippen LogP contribution is -2.76. The largest absolute Gasteiger partial charge is 0.337 e. The summed E-state index contributed by atoms with van der Waals surface area (Å²) in [5.41, 5.74) is 0.776. The lowest BCUT2D eigenvalue weighted by Gasteiger charge is -2.54. The summed E-state index contributed by atoms with van der Waals surface area (Å²) in [6, 6.07) is 5.07. The molecule has 0 aromatic heterocycles. The van der Waals surface area contributed by atoms with E-state index in [9.17, 15) is 18.8 Å². The van der Waals surface area contributed by atoms with E-state index >= 15 is 0 Å². The molecule has 9 heteroatoms. The summed E-state index contributed by atoms with van der Waals surface area (Å²) in [6.07, 6.45) is 5.04. The number of fused-ring (bicyclic) bond motifs is 1. The third-order valence-electron chi connectivity index (χ3n) is 7.09. The Kier molecular flexibility index (Phi) is 9.48. The molecule has 2 aliphatic heterocycles. The number of nitrogens with one attached hydrogen (secondary N) is 1. The summed E-state index contributed by atoms with van der Waals surface area (Å²) >= 11 is 0. The zero-order chi connectivity index (χ0) is 25.5. The zero-order valence-corrected chi connectivity index (χ0v) is 21.5. The van der Waals surface area contributed by atoms with Gasteiger partial charge in [0.15, 0.2) is 0 Å². The lowest BCUT2D eigenvalue weighted by molar-refractivity contribution is -0.188. The average molecular weight is 490 g/mol. The van der Waals surface area contributed by atoms with Crippen LogP contribution in [0.1, 0.15) is 64.9 Å². The summed E-state index contributed by atoms with van der Waals surface area (Å²) in [4.78, 5) is 43.4. The van der Waals surface area contributed by atoms with Crippen molar-refractivity contribution in [2.45, 2.75) is 78.0 Å². The minimum absolute atomic E-state index is 0.0115. The number of hydrogen-bond donors (Lipinski definition) is 1. The van der Waals surface area contributed by atoms with E-state index in [1.165, 1.54) is 12.1 Å². The second-order valence-corrected chi connectivity index (χ2v) is 9.69. The molecular formula is C26H40FN5O3. The quantitative estimate of drug-likeness (QED) is 0.545. The number of halogens is 1. The van der Waals surface area contributed by atoms with Gasteiger partial charge in [0.1, 0.15) is 18.0 Å². The van der Waals surface area contributed by atoms with Gasteiger partial charge in [0.05, 0.1) is 13.1 Å². The third kappa shape index (κ3) is 6.31. The van der Waals surface area contributed by atoms with Gasteiger partial charge < -0.3 is 15.1 Å². The van der Waals surface area contributed by atoms with Crippen molar-refractivity contribution in [2.75, 3.05) is 26.7 Å². The van der Waals surface area contributed by atoms with Crippen molar-refractivity contribution in [3.63, 3.8) is 0 Å². The van der Waals surface area contributed by atoms with E-state index in [1.54, 1.807) is 34.1 Å². The first kappa shape index (κ1) is 26.9. The molecule has 3 rings (SSSR count). The molecule has 0 saturated carbocycles. The van der Waals surface area contributed by atoms with E-state index < -0.39 is 12.2 Å². The minimum Gasteiger partial charge on any atom is -0.337 e. The van der Waals surface area contributed by atoms with Gasteiger partial charge in [-0.1, -0.05) is 58.6 Å². The highest BCUT2D eigenvalue weighted by Crippen LogP contribution is 2.29. The first-order valence-corrected chi connectivity index (χ1v) is 12.9. The molecule has 0 radical (unpaired) electrons. The number of piperazine rings is 1. The maximum atomic E-state index is 13.5. The van der Waals surface area contributed by atoms with E-state index in [-0.39, 0.29) is 36.8 Å². The summed E-state index contributed by atoms with van der Waals surface area (Å²) < 4.78 is 13.2. The Bertz CT molecular complexity index is 880. The SMILES string of the molecule is CCCCC(CC)CN1C[C@H]2N(C(=O)CN(C)N2C(=O)NCc2ccc(F)cc2)[C@@H](CCC)C1=O. The molecule has 2 fully saturated rings. The number of carbonyl (C=O) groups is 3. The Morgan fingerprint density at radius 2 is 1.86 bits per heavy atom. The van der Waals surface area contributed by atoms with Crippen LogP contribution in [0.25, 0.3) is 0 Å². The van der Waals surface area contributed by atoms with Crippen molar-refractivity contribution in [1.29, 1.82) is 0 Å². The van der Waals surface area contributed by atoms with Gasteiger partial charge in [-0.3, -0.25) is 9.59 Å². The first-order valence-electron chi connectivity index (χ1n) is 12.9. The number of urea groups is 1. The first-order chi connectivity index (χ1) is 16.8. The van der Waals surface area contributed by atoms with E-state index in [1.807, 2.05) is 11.8 Å². The van der Waals surface area contributed by atoms with Gasteiger partial charge in [0, 0.05) is 20.1 Å². The summed E-state index contributed by atoms with van der Waals surface area (Å²) in [5.74, 6) is -0.0825. The van der Waals surface area contributed by atoms with Crippen LogP contribution in [0.4, 0.5) is 9.18 Å². The predicted octanol–water partition coefficient (Wildman–Crippen LogP) is 3.58. The van der Waals surface area contributed by atoms with E-state index in [0.29, 0.717) is 25.4 Å². The van der Waals surface area contributed by atoms with Crippen LogP contribution in [0.2, 0.25) is 0 Å². The number of hydrazine groups is 1. The smallest absolute Gasteiger partial charge is 0.334 e. The standard InChI is InChI=1S/C26H40FN5O3/c1-5-8-10-19(7-3)16-30-17-23-31(22(9-6-2)25(30)34)24(33)18-29(4)32(23)26(35)28-15-20-11-13-21(27)14-12-20/h11-14,19,22-23H,5-10,15-18H2,1-4H3,(H,28,35)/t19?,22-,23-/m0/s1. The van der Waals surface area contributed by atoms with Crippen LogP contribution in [-0.4, -0.2) is 76.6 Å². The van der Waals surface area contributed by atoms with Crippen LogP contribution in [0.15, 0.2) is 24.3 Å².